The van der Waals surface area contributed by atoms with E-state index >= 15 is 0 Å². The molecule has 1 heterocycles. The quantitative estimate of drug-likeness (QED) is 0.773. The van der Waals surface area contributed by atoms with Gasteiger partial charge < -0.3 is 9.47 Å². The maximum Gasteiger partial charge on any atom is 0.219 e. The van der Waals surface area contributed by atoms with Crippen LogP contribution in [-0.4, -0.2) is 17.9 Å². The normalized spacial score (nSPS) is 10.0. The predicted octanol–water partition coefficient (Wildman–Crippen LogP) is 2.87. The average Bonchev–Trinajstić information content (AvgIpc) is 2.45. The smallest absolute Gasteiger partial charge is 0.219 e. The largest absolute Gasteiger partial charge is 0.489 e. The van der Waals surface area contributed by atoms with Gasteiger partial charge in [0.1, 0.15) is 12.4 Å². The van der Waals surface area contributed by atoms with Crippen molar-refractivity contribution in [2.24, 2.45) is 0 Å². The second-order valence-electron chi connectivity index (χ2n) is 4.04. The predicted molar refractivity (Wildman–Crippen MR) is 71.6 cm³/mol. The lowest BCUT2D eigenvalue weighted by molar-refractivity contribution is 0.101. The summed E-state index contributed by atoms with van der Waals surface area (Å²) >= 11 is 0. The molecule has 0 N–H and O–H groups in total. The van der Waals surface area contributed by atoms with Gasteiger partial charge in [-0.3, -0.25) is 4.79 Å². The summed E-state index contributed by atoms with van der Waals surface area (Å²) in [6, 6.07) is 10.8. The zero-order chi connectivity index (χ0) is 13.7. The molecule has 0 amide bonds. The third-order valence-corrected chi connectivity index (χ3v) is 2.68. The molecule has 0 aliphatic heterocycles. The van der Waals surface area contributed by atoms with Crippen LogP contribution in [0.1, 0.15) is 22.8 Å². The Balaban J connectivity index is 2.10. The van der Waals surface area contributed by atoms with E-state index in [1.165, 1.54) is 6.92 Å². The van der Waals surface area contributed by atoms with Crippen LogP contribution < -0.4 is 9.47 Å². The molecule has 0 aliphatic carbocycles. The molecule has 19 heavy (non-hydrogen) atoms. The number of carbonyl (C=O) groups excluding carboxylic acids is 1. The first kappa shape index (κ1) is 13.1. The van der Waals surface area contributed by atoms with Gasteiger partial charge in [-0.25, -0.2) is 4.98 Å². The lowest BCUT2D eigenvalue weighted by Gasteiger charge is -2.09. The monoisotopic (exact) mass is 257 g/mol. The van der Waals surface area contributed by atoms with E-state index < -0.39 is 0 Å². The summed E-state index contributed by atoms with van der Waals surface area (Å²) in [5.74, 6) is 1.22. The number of benzene rings is 1. The first-order valence-electron chi connectivity index (χ1n) is 5.92. The number of ether oxygens (including phenoxy) is 2. The first-order chi connectivity index (χ1) is 9.20. The molecule has 0 spiro atoms. The number of pyridine rings is 1. The molecule has 4 nitrogen and oxygen atoms in total. The van der Waals surface area contributed by atoms with Crippen LogP contribution in [0.3, 0.4) is 0 Å². The van der Waals surface area contributed by atoms with E-state index in [9.17, 15) is 4.79 Å². The van der Waals surface area contributed by atoms with Gasteiger partial charge in [-0.05, 0) is 31.2 Å². The third kappa shape index (κ3) is 3.31. The van der Waals surface area contributed by atoms with E-state index in [2.05, 4.69) is 4.98 Å². The molecule has 0 radical (unpaired) electrons. The van der Waals surface area contributed by atoms with Crippen LogP contribution in [0.15, 0.2) is 42.6 Å². The van der Waals surface area contributed by atoms with Gasteiger partial charge in [0.25, 0.3) is 0 Å². The number of Topliss-reactive ketones (excluding diaryl/α,β-unsaturated/α-hetero) is 1. The van der Waals surface area contributed by atoms with Crippen LogP contribution in [-0.2, 0) is 6.61 Å². The van der Waals surface area contributed by atoms with Crippen molar-refractivity contribution in [3.63, 3.8) is 0 Å². The highest BCUT2D eigenvalue weighted by Gasteiger charge is 2.05. The molecule has 98 valence electrons. The van der Waals surface area contributed by atoms with Gasteiger partial charge in [-0.1, -0.05) is 12.1 Å². The third-order valence-electron chi connectivity index (χ3n) is 2.68. The van der Waals surface area contributed by atoms with Crippen LogP contribution in [0.2, 0.25) is 0 Å². The molecule has 0 aliphatic rings. The lowest BCUT2D eigenvalue weighted by atomic mass is 10.1. The Hall–Kier alpha value is -2.36. The van der Waals surface area contributed by atoms with Gasteiger partial charge in [0, 0.05) is 11.8 Å². The van der Waals surface area contributed by atoms with Gasteiger partial charge in [0.2, 0.25) is 5.88 Å². The molecule has 0 saturated heterocycles. The number of methoxy groups -OCH3 is 1. The molecular weight excluding hydrogens is 242 g/mol. The number of aromatic nitrogens is 1. The molecule has 2 rings (SSSR count). The minimum Gasteiger partial charge on any atom is -0.489 e. The highest BCUT2D eigenvalue weighted by Crippen LogP contribution is 2.19. The second-order valence-corrected chi connectivity index (χ2v) is 4.04. The Labute approximate surface area is 112 Å². The van der Waals surface area contributed by atoms with Crippen LogP contribution >= 0.6 is 0 Å². The van der Waals surface area contributed by atoms with Crippen LogP contribution in [0.5, 0.6) is 11.6 Å². The standard InChI is InChI=1S/C15H15NO3/c1-11(17)12-5-3-7-14(9-12)19-10-13-6-4-8-16-15(13)18-2/h3-9H,10H2,1-2H3. The lowest BCUT2D eigenvalue weighted by Crippen LogP contribution is -2.01. The summed E-state index contributed by atoms with van der Waals surface area (Å²) in [5.41, 5.74) is 1.49. The number of hydrogen-bond acceptors (Lipinski definition) is 4. The Kier molecular flexibility index (Phi) is 4.13. The molecule has 0 atom stereocenters. The molecule has 2 aromatic rings. The SMILES string of the molecule is COc1ncccc1COc1cccc(C(C)=O)c1. The van der Waals surface area contributed by atoms with Gasteiger partial charge in [-0.15, -0.1) is 0 Å². The molecule has 0 bridgehead atoms. The fourth-order valence-corrected chi connectivity index (χ4v) is 1.68. The summed E-state index contributed by atoms with van der Waals surface area (Å²) in [4.78, 5) is 15.4. The molecule has 1 aromatic carbocycles. The molecular formula is C15H15NO3. The zero-order valence-corrected chi connectivity index (χ0v) is 10.9. The average molecular weight is 257 g/mol. The number of hydrogen-bond donors (Lipinski definition) is 0. The number of nitrogens with zero attached hydrogens (tertiary/aromatic N) is 1. The van der Waals surface area contributed by atoms with Gasteiger partial charge in [-0.2, -0.15) is 0 Å². The van der Waals surface area contributed by atoms with Gasteiger partial charge in [0.05, 0.1) is 12.7 Å². The summed E-state index contributed by atoms with van der Waals surface area (Å²) in [6.45, 7) is 1.88. The fourth-order valence-electron chi connectivity index (χ4n) is 1.68. The van der Waals surface area contributed by atoms with E-state index in [1.807, 2.05) is 18.2 Å². The van der Waals surface area contributed by atoms with Crippen molar-refractivity contribution in [2.45, 2.75) is 13.5 Å². The van der Waals surface area contributed by atoms with Crippen molar-refractivity contribution in [1.29, 1.82) is 0 Å². The maximum absolute atomic E-state index is 11.3. The summed E-state index contributed by atoms with van der Waals surface area (Å²) in [5, 5.41) is 0. The zero-order valence-electron chi connectivity index (χ0n) is 10.9. The van der Waals surface area contributed by atoms with Crippen LogP contribution in [0.25, 0.3) is 0 Å². The number of ketones is 1. The fraction of sp³-hybridized carbons (Fsp3) is 0.200. The van der Waals surface area contributed by atoms with Crippen molar-refractivity contribution < 1.29 is 14.3 Å². The van der Waals surface area contributed by atoms with Crippen molar-refractivity contribution in [2.75, 3.05) is 7.11 Å². The minimum absolute atomic E-state index is 0.0180. The van der Waals surface area contributed by atoms with Gasteiger partial charge >= 0.3 is 0 Å². The highest BCUT2D eigenvalue weighted by molar-refractivity contribution is 5.94. The van der Waals surface area contributed by atoms with E-state index in [0.717, 1.165) is 5.56 Å². The maximum atomic E-state index is 11.3. The van der Waals surface area contributed by atoms with E-state index in [1.54, 1.807) is 31.5 Å². The van der Waals surface area contributed by atoms with Gasteiger partial charge in [0.15, 0.2) is 5.78 Å². The van der Waals surface area contributed by atoms with Crippen molar-refractivity contribution in [3.8, 4) is 11.6 Å². The molecule has 0 saturated carbocycles. The minimum atomic E-state index is 0.0180. The van der Waals surface area contributed by atoms with Crippen molar-refractivity contribution in [3.05, 3.63) is 53.7 Å². The highest BCUT2D eigenvalue weighted by atomic mass is 16.5. The molecule has 0 unspecified atom stereocenters. The Bertz CT molecular complexity index is 581. The summed E-state index contributed by atoms with van der Waals surface area (Å²) < 4.78 is 10.8. The molecule has 1 aromatic heterocycles. The number of rotatable bonds is 5. The van der Waals surface area contributed by atoms with Crippen molar-refractivity contribution >= 4 is 5.78 Å². The van der Waals surface area contributed by atoms with Crippen molar-refractivity contribution in [1.82, 2.24) is 4.98 Å². The Morgan fingerprint density at radius 3 is 2.84 bits per heavy atom. The molecule has 0 fully saturated rings. The van der Waals surface area contributed by atoms with Crippen LogP contribution in [0.4, 0.5) is 0 Å². The Morgan fingerprint density at radius 1 is 1.26 bits per heavy atom. The summed E-state index contributed by atoms with van der Waals surface area (Å²) in [7, 11) is 1.57. The van der Waals surface area contributed by atoms with Crippen LogP contribution in [0, 0.1) is 0 Å². The molecule has 4 heteroatoms. The first-order valence-corrected chi connectivity index (χ1v) is 5.92. The van der Waals surface area contributed by atoms with E-state index in [-0.39, 0.29) is 5.78 Å². The van der Waals surface area contributed by atoms with E-state index in [0.29, 0.717) is 23.8 Å². The summed E-state index contributed by atoms with van der Waals surface area (Å²) in [6.07, 6.45) is 1.67. The van der Waals surface area contributed by atoms with E-state index in [4.69, 9.17) is 9.47 Å². The second kappa shape index (κ2) is 6.00. The topological polar surface area (TPSA) is 48.4 Å². The Morgan fingerprint density at radius 2 is 2.11 bits per heavy atom. The number of carbonyl (C=O) groups is 1.